The molecular formula is C20H22ClFN4O. The number of hydrogen-bond acceptors (Lipinski definition) is 4. The number of piperazine rings is 1. The number of halogens is 2. The number of carbonyl (C=O) groups is 1. The Kier molecular flexibility index (Phi) is 5.29. The molecular weight excluding hydrogens is 367 g/mol. The lowest BCUT2D eigenvalue weighted by atomic mass is 10.0. The van der Waals surface area contributed by atoms with Crippen LogP contribution in [0.3, 0.4) is 0 Å². The number of hydrogen-bond donors (Lipinski definition) is 2. The summed E-state index contributed by atoms with van der Waals surface area (Å²) in [5.41, 5.74) is 8.31. The van der Waals surface area contributed by atoms with Crippen LogP contribution in [0.25, 0.3) is 0 Å². The molecule has 4 rings (SSSR count). The van der Waals surface area contributed by atoms with Gasteiger partial charge in [-0.1, -0.05) is 29.8 Å². The maximum Gasteiger partial charge on any atom is 0.241 e. The van der Waals surface area contributed by atoms with Gasteiger partial charge >= 0.3 is 0 Å². The van der Waals surface area contributed by atoms with Crippen LogP contribution in [0.4, 0.5) is 10.1 Å². The average molecular weight is 389 g/mol. The summed E-state index contributed by atoms with van der Waals surface area (Å²) in [6, 6.07) is 14.0. The molecule has 2 aliphatic heterocycles. The fourth-order valence-corrected chi connectivity index (χ4v) is 4.00. The van der Waals surface area contributed by atoms with E-state index in [1.807, 2.05) is 29.2 Å². The minimum Gasteiger partial charge on any atom is -0.368 e. The van der Waals surface area contributed by atoms with E-state index >= 15 is 0 Å². The highest BCUT2D eigenvalue weighted by Crippen LogP contribution is 2.29. The Hall–Kier alpha value is -2.15. The summed E-state index contributed by atoms with van der Waals surface area (Å²) < 4.78 is 13.1. The molecule has 5 nitrogen and oxygen atoms in total. The van der Waals surface area contributed by atoms with Gasteiger partial charge in [0.05, 0.1) is 0 Å². The van der Waals surface area contributed by atoms with Crippen molar-refractivity contribution in [1.29, 1.82) is 0 Å². The lowest BCUT2D eigenvalue weighted by Crippen LogP contribution is -2.53. The van der Waals surface area contributed by atoms with Crippen LogP contribution in [-0.2, 0) is 4.79 Å². The molecule has 2 fully saturated rings. The number of carbonyl (C=O) groups excluding carboxylic acids is 1. The van der Waals surface area contributed by atoms with Gasteiger partial charge in [-0.05, 0) is 42.3 Å². The zero-order chi connectivity index (χ0) is 18.8. The van der Waals surface area contributed by atoms with E-state index in [9.17, 15) is 9.18 Å². The van der Waals surface area contributed by atoms with Crippen LogP contribution in [-0.4, -0.2) is 43.0 Å². The third-order valence-electron chi connectivity index (χ3n) is 5.27. The summed E-state index contributed by atoms with van der Waals surface area (Å²) in [5.74, 6) is -0.128. The van der Waals surface area contributed by atoms with Gasteiger partial charge in [0.25, 0.3) is 0 Å². The smallest absolute Gasteiger partial charge is 0.241 e. The molecule has 0 aromatic heterocycles. The van der Waals surface area contributed by atoms with Gasteiger partial charge in [0.1, 0.15) is 11.9 Å². The van der Waals surface area contributed by atoms with E-state index in [-0.39, 0.29) is 23.8 Å². The first-order chi connectivity index (χ1) is 13.1. The van der Waals surface area contributed by atoms with E-state index in [0.29, 0.717) is 24.5 Å². The summed E-state index contributed by atoms with van der Waals surface area (Å²) in [6.45, 7) is 2.80. The Labute approximate surface area is 163 Å². The van der Waals surface area contributed by atoms with E-state index in [0.717, 1.165) is 24.3 Å². The molecule has 27 heavy (non-hydrogen) atoms. The molecule has 7 heteroatoms. The van der Waals surface area contributed by atoms with Crippen molar-refractivity contribution in [2.45, 2.75) is 18.5 Å². The van der Waals surface area contributed by atoms with Crippen LogP contribution < -0.4 is 15.8 Å². The van der Waals surface area contributed by atoms with Gasteiger partial charge in [-0.25, -0.2) is 15.2 Å². The van der Waals surface area contributed by atoms with Gasteiger partial charge in [-0.3, -0.25) is 4.79 Å². The number of benzene rings is 2. The molecule has 0 saturated carbocycles. The SMILES string of the molecule is O=C(C1CC(c2ccccc2Cl)NN1)N1CCN(c2ccc(F)cc2)CC1. The Morgan fingerprint density at radius 2 is 1.70 bits per heavy atom. The normalized spacial score (nSPS) is 22.9. The summed E-state index contributed by atoms with van der Waals surface area (Å²) in [4.78, 5) is 16.9. The Morgan fingerprint density at radius 1 is 1.00 bits per heavy atom. The molecule has 142 valence electrons. The lowest BCUT2D eigenvalue weighted by molar-refractivity contribution is -0.133. The fourth-order valence-electron chi connectivity index (χ4n) is 3.74. The molecule has 2 atom stereocenters. The first kappa shape index (κ1) is 18.2. The fraction of sp³-hybridized carbons (Fsp3) is 0.350. The van der Waals surface area contributed by atoms with Gasteiger partial charge in [-0.2, -0.15) is 0 Å². The number of nitrogens with zero attached hydrogens (tertiary/aromatic N) is 2. The number of amides is 1. The first-order valence-corrected chi connectivity index (χ1v) is 9.54. The Morgan fingerprint density at radius 3 is 2.41 bits per heavy atom. The molecule has 2 heterocycles. The van der Waals surface area contributed by atoms with Crippen molar-refractivity contribution in [3.8, 4) is 0 Å². The molecule has 2 saturated heterocycles. The third kappa shape index (κ3) is 3.93. The topological polar surface area (TPSA) is 47.6 Å². The number of anilines is 1. The largest absolute Gasteiger partial charge is 0.368 e. The number of rotatable bonds is 3. The summed E-state index contributed by atoms with van der Waals surface area (Å²) in [7, 11) is 0. The average Bonchev–Trinajstić information content (AvgIpc) is 3.18. The lowest BCUT2D eigenvalue weighted by Gasteiger charge is -2.37. The van der Waals surface area contributed by atoms with E-state index < -0.39 is 0 Å². The van der Waals surface area contributed by atoms with Crippen LogP contribution in [0.1, 0.15) is 18.0 Å². The zero-order valence-corrected chi connectivity index (χ0v) is 15.6. The monoisotopic (exact) mass is 388 g/mol. The van der Waals surface area contributed by atoms with Crippen LogP contribution in [0.5, 0.6) is 0 Å². The van der Waals surface area contributed by atoms with Gasteiger partial charge < -0.3 is 9.80 Å². The highest BCUT2D eigenvalue weighted by atomic mass is 35.5. The third-order valence-corrected chi connectivity index (χ3v) is 5.61. The predicted molar refractivity (Wildman–Crippen MR) is 104 cm³/mol. The van der Waals surface area contributed by atoms with Crippen molar-refractivity contribution in [3.05, 3.63) is 64.9 Å². The van der Waals surface area contributed by atoms with Gasteiger partial charge in [-0.15, -0.1) is 0 Å². The highest BCUT2D eigenvalue weighted by Gasteiger charge is 2.34. The minimum atomic E-state index is -0.261. The second kappa shape index (κ2) is 7.84. The zero-order valence-electron chi connectivity index (χ0n) is 14.9. The van der Waals surface area contributed by atoms with Gasteiger partial charge in [0.2, 0.25) is 5.91 Å². The Bertz CT molecular complexity index is 808. The second-order valence-corrected chi connectivity index (χ2v) is 7.35. The molecule has 2 aromatic carbocycles. The number of nitrogens with one attached hydrogen (secondary N) is 2. The Balaban J connectivity index is 1.33. The molecule has 2 aliphatic rings. The minimum absolute atomic E-state index is 0.0214. The van der Waals surface area contributed by atoms with Crippen molar-refractivity contribution in [1.82, 2.24) is 15.8 Å². The molecule has 2 unspecified atom stereocenters. The van der Waals surface area contributed by atoms with Gasteiger partial charge in [0.15, 0.2) is 0 Å². The van der Waals surface area contributed by atoms with Gasteiger partial charge in [0, 0.05) is 42.9 Å². The summed E-state index contributed by atoms with van der Waals surface area (Å²) in [6.07, 6.45) is 0.667. The predicted octanol–water partition coefficient (Wildman–Crippen LogP) is 2.74. The molecule has 0 spiro atoms. The maximum absolute atomic E-state index is 13.1. The standard InChI is InChI=1S/C20H22ClFN4O/c21-17-4-2-1-3-16(17)18-13-19(24-23-18)20(27)26-11-9-25(10-12-26)15-7-5-14(22)6-8-15/h1-8,18-19,23-24H,9-13H2. The van der Waals surface area contributed by atoms with Crippen molar-refractivity contribution in [3.63, 3.8) is 0 Å². The molecule has 2 N–H and O–H groups in total. The molecule has 0 bridgehead atoms. The van der Waals surface area contributed by atoms with Crippen LogP contribution in [0.15, 0.2) is 48.5 Å². The van der Waals surface area contributed by atoms with Crippen LogP contribution in [0, 0.1) is 5.82 Å². The summed E-state index contributed by atoms with van der Waals surface area (Å²) >= 11 is 6.27. The van der Waals surface area contributed by atoms with Crippen LogP contribution >= 0.6 is 11.6 Å². The van der Waals surface area contributed by atoms with Crippen molar-refractivity contribution in [2.24, 2.45) is 0 Å². The summed E-state index contributed by atoms with van der Waals surface area (Å²) in [5, 5.41) is 0.706. The number of hydrazine groups is 1. The quantitative estimate of drug-likeness (QED) is 0.848. The van der Waals surface area contributed by atoms with E-state index in [1.54, 1.807) is 12.1 Å². The van der Waals surface area contributed by atoms with Crippen molar-refractivity contribution >= 4 is 23.2 Å². The molecule has 0 radical (unpaired) electrons. The maximum atomic E-state index is 13.1. The molecule has 1 amide bonds. The van der Waals surface area contributed by atoms with E-state index in [2.05, 4.69) is 15.8 Å². The highest BCUT2D eigenvalue weighted by molar-refractivity contribution is 6.31. The van der Waals surface area contributed by atoms with Crippen molar-refractivity contribution in [2.75, 3.05) is 31.1 Å². The van der Waals surface area contributed by atoms with Crippen molar-refractivity contribution < 1.29 is 9.18 Å². The van der Waals surface area contributed by atoms with Crippen LogP contribution in [0.2, 0.25) is 5.02 Å². The van der Waals surface area contributed by atoms with E-state index in [4.69, 9.17) is 11.6 Å². The molecule has 0 aliphatic carbocycles. The second-order valence-electron chi connectivity index (χ2n) is 6.94. The molecule has 2 aromatic rings. The first-order valence-electron chi connectivity index (χ1n) is 9.16. The van der Waals surface area contributed by atoms with E-state index in [1.165, 1.54) is 12.1 Å².